The molecule has 4 nitrogen and oxygen atoms in total. The average Bonchev–Trinajstić information content (AvgIpc) is 2.51. The fourth-order valence-corrected chi connectivity index (χ4v) is 6.55. The first-order valence-corrected chi connectivity index (χ1v) is 8.63. The molecule has 1 N–H and O–H groups in total. The maximum absolute atomic E-state index is 12.0. The summed E-state index contributed by atoms with van der Waals surface area (Å²) in [4.78, 5) is 0. The first kappa shape index (κ1) is 12.9. The number of sulfone groups is 1. The molecule has 3 aliphatic heterocycles. The van der Waals surface area contributed by atoms with E-state index in [9.17, 15) is 13.5 Å². The van der Waals surface area contributed by atoms with Crippen LogP contribution in [-0.4, -0.2) is 42.8 Å². The second kappa shape index (κ2) is 4.46. The fraction of sp³-hybridized carbons (Fsp3) is 1.00. The van der Waals surface area contributed by atoms with E-state index in [0.29, 0.717) is 18.8 Å². The van der Waals surface area contributed by atoms with Crippen molar-refractivity contribution in [1.82, 2.24) is 0 Å². The van der Waals surface area contributed by atoms with E-state index in [-0.39, 0.29) is 10.5 Å². The third-order valence-corrected chi connectivity index (χ3v) is 7.63. The summed E-state index contributed by atoms with van der Waals surface area (Å²) in [6.07, 6.45) is 5.20. The van der Waals surface area contributed by atoms with Crippen molar-refractivity contribution < 1.29 is 18.3 Å². The third kappa shape index (κ3) is 2.21. The van der Waals surface area contributed by atoms with Gasteiger partial charge in [-0.25, -0.2) is 8.42 Å². The van der Waals surface area contributed by atoms with Crippen LogP contribution in [0.1, 0.15) is 44.9 Å². The summed E-state index contributed by atoms with van der Waals surface area (Å²) in [6.45, 7) is 1.57. The van der Waals surface area contributed by atoms with E-state index in [1.807, 2.05) is 0 Å². The molecule has 104 valence electrons. The van der Waals surface area contributed by atoms with Crippen LogP contribution >= 0.6 is 0 Å². The molecule has 0 aromatic carbocycles. The standard InChI is InChI=1S/C13H22O4S/c14-13(7-10-3-5-17-6-4-10)8-11-1-2-12(9-13)18(11,15)16/h10-12,14H,1-9H2. The van der Waals surface area contributed by atoms with Crippen molar-refractivity contribution in [3.8, 4) is 0 Å². The lowest BCUT2D eigenvalue weighted by atomic mass is 9.81. The molecule has 0 amide bonds. The van der Waals surface area contributed by atoms with E-state index in [0.717, 1.165) is 45.3 Å². The van der Waals surface area contributed by atoms with Gasteiger partial charge in [-0.2, -0.15) is 0 Å². The second-order valence-corrected chi connectivity index (χ2v) is 8.81. The molecule has 0 aromatic rings. The molecule has 0 aliphatic carbocycles. The van der Waals surface area contributed by atoms with Crippen molar-refractivity contribution in [2.45, 2.75) is 61.0 Å². The first-order chi connectivity index (χ1) is 8.50. The highest BCUT2D eigenvalue weighted by Gasteiger charge is 2.52. The summed E-state index contributed by atoms with van der Waals surface area (Å²) in [5.41, 5.74) is -0.737. The Hall–Kier alpha value is -0.130. The van der Waals surface area contributed by atoms with E-state index in [1.165, 1.54) is 0 Å². The number of rotatable bonds is 2. The van der Waals surface area contributed by atoms with Gasteiger partial charge in [-0.1, -0.05) is 0 Å². The van der Waals surface area contributed by atoms with Crippen LogP contribution in [0.2, 0.25) is 0 Å². The molecule has 3 saturated heterocycles. The molecule has 2 bridgehead atoms. The normalized spacial score (nSPS) is 44.1. The van der Waals surface area contributed by atoms with Crippen molar-refractivity contribution in [3.05, 3.63) is 0 Å². The fourth-order valence-electron chi connectivity index (χ4n) is 3.99. The van der Waals surface area contributed by atoms with Crippen molar-refractivity contribution >= 4 is 9.84 Å². The van der Waals surface area contributed by atoms with E-state index in [2.05, 4.69) is 0 Å². The van der Waals surface area contributed by atoms with Gasteiger partial charge in [-0.05, 0) is 50.9 Å². The minimum atomic E-state index is -2.93. The number of ether oxygens (including phenoxy) is 1. The monoisotopic (exact) mass is 274 g/mol. The Morgan fingerprint density at radius 2 is 1.61 bits per heavy atom. The van der Waals surface area contributed by atoms with Gasteiger partial charge in [0.2, 0.25) is 0 Å². The molecule has 3 rings (SSSR count). The van der Waals surface area contributed by atoms with E-state index in [4.69, 9.17) is 4.74 Å². The summed E-state index contributed by atoms with van der Waals surface area (Å²) in [5, 5.41) is 10.2. The predicted octanol–water partition coefficient (Wildman–Crippen LogP) is 1.27. The van der Waals surface area contributed by atoms with Crippen LogP contribution in [0.5, 0.6) is 0 Å². The molecule has 2 unspecified atom stereocenters. The van der Waals surface area contributed by atoms with Crippen molar-refractivity contribution in [2.75, 3.05) is 13.2 Å². The van der Waals surface area contributed by atoms with Crippen LogP contribution in [0.15, 0.2) is 0 Å². The van der Waals surface area contributed by atoms with E-state index >= 15 is 0 Å². The Balaban J connectivity index is 1.69. The molecule has 0 aromatic heterocycles. The summed E-state index contributed by atoms with van der Waals surface area (Å²) < 4.78 is 29.4. The van der Waals surface area contributed by atoms with Crippen LogP contribution in [0.4, 0.5) is 0 Å². The molecule has 5 heteroatoms. The summed E-state index contributed by atoms with van der Waals surface area (Å²) in [5.74, 6) is 0.504. The molecular formula is C13H22O4S. The smallest absolute Gasteiger partial charge is 0.156 e. The highest BCUT2D eigenvalue weighted by molar-refractivity contribution is 7.93. The van der Waals surface area contributed by atoms with Gasteiger partial charge in [0.05, 0.1) is 16.1 Å². The Morgan fingerprint density at radius 1 is 1.06 bits per heavy atom. The summed E-state index contributed by atoms with van der Waals surface area (Å²) in [6, 6.07) is 0. The van der Waals surface area contributed by atoms with Crippen molar-refractivity contribution in [2.24, 2.45) is 5.92 Å². The van der Waals surface area contributed by atoms with Gasteiger partial charge in [0.15, 0.2) is 9.84 Å². The lowest BCUT2D eigenvalue weighted by molar-refractivity contribution is -0.0238. The molecule has 3 aliphatic rings. The largest absolute Gasteiger partial charge is 0.390 e. The molecular weight excluding hydrogens is 252 g/mol. The quantitative estimate of drug-likeness (QED) is 0.824. The molecule has 2 atom stereocenters. The number of fused-ring (bicyclic) bond motifs is 2. The Bertz CT molecular complexity index is 391. The van der Waals surface area contributed by atoms with Crippen molar-refractivity contribution in [1.29, 1.82) is 0 Å². The molecule has 3 heterocycles. The van der Waals surface area contributed by atoms with Gasteiger partial charge < -0.3 is 9.84 Å². The predicted molar refractivity (Wildman–Crippen MR) is 68.1 cm³/mol. The molecule has 0 spiro atoms. The van der Waals surface area contributed by atoms with Gasteiger partial charge in [0.1, 0.15) is 0 Å². The van der Waals surface area contributed by atoms with E-state index in [1.54, 1.807) is 0 Å². The number of hydrogen-bond donors (Lipinski definition) is 1. The maximum atomic E-state index is 12.0. The topological polar surface area (TPSA) is 63.6 Å². The van der Waals surface area contributed by atoms with Gasteiger partial charge in [-0.3, -0.25) is 0 Å². The van der Waals surface area contributed by atoms with Crippen LogP contribution < -0.4 is 0 Å². The van der Waals surface area contributed by atoms with Gasteiger partial charge in [-0.15, -0.1) is 0 Å². The Morgan fingerprint density at radius 3 is 2.17 bits per heavy atom. The lowest BCUT2D eigenvalue weighted by Gasteiger charge is -2.39. The summed E-state index contributed by atoms with van der Waals surface area (Å²) >= 11 is 0. The highest BCUT2D eigenvalue weighted by atomic mass is 32.2. The first-order valence-electron chi connectivity index (χ1n) is 7.02. The van der Waals surface area contributed by atoms with Crippen molar-refractivity contribution in [3.63, 3.8) is 0 Å². The molecule has 3 fully saturated rings. The molecule has 18 heavy (non-hydrogen) atoms. The van der Waals surface area contributed by atoms with E-state index < -0.39 is 15.4 Å². The zero-order valence-electron chi connectivity index (χ0n) is 10.7. The minimum absolute atomic E-state index is 0.277. The average molecular weight is 274 g/mol. The number of hydrogen-bond acceptors (Lipinski definition) is 4. The van der Waals surface area contributed by atoms with Crippen LogP contribution in [0.3, 0.4) is 0 Å². The van der Waals surface area contributed by atoms with Gasteiger partial charge >= 0.3 is 0 Å². The lowest BCUT2D eigenvalue weighted by Crippen LogP contribution is -2.46. The maximum Gasteiger partial charge on any atom is 0.156 e. The Labute approximate surface area is 109 Å². The van der Waals surface area contributed by atoms with Gasteiger partial charge in [0, 0.05) is 13.2 Å². The zero-order chi connectivity index (χ0) is 12.8. The van der Waals surface area contributed by atoms with Crippen LogP contribution in [0, 0.1) is 5.92 Å². The third-order valence-electron chi connectivity index (χ3n) is 4.96. The highest BCUT2D eigenvalue weighted by Crippen LogP contribution is 2.46. The minimum Gasteiger partial charge on any atom is -0.390 e. The number of aliphatic hydroxyl groups is 1. The molecule has 0 radical (unpaired) electrons. The Kier molecular flexibility index (Phi) is 3.19. The zero-order valence-corrected chi connectivity index (χ0v) is 11.5. The van der Waals surface area contributed by atoms with Gasteiger partial charge in [0.25, 0.3) is 0 Å². The van der Waals surface area contributed by atoms with Crippen LogP contribution in [-0.2, 0) is 14.6 Å². The summed E-state index contributed by atoms with van der Waals surface area (Å²) in [7, 11) is -2.93. The second-order valence-electron chi connectivity index (χ2n) is 6.30. The van der Waals surface area contributed by atoms with Crippen LogP contribution in [0.25, 0.3) is 0 Å². The SMILES string of the molecule is O=S1(=O)C2CCC1CC(O)(CC1CCOCC1)C2. The molecule has 0 saturated carbocycles.